The van der Waals surface area contributed by atoms with Crippen molar-refractivity contribution >= 4 is 49.3 Å². The predicted octanol–water partition coefficient (Wildman–Crippen LogP) is 11.5. The minimum absolute atomic E-state index is 0.577. The Kier molecular flexibility index (Phi) is 6.56. The monoisotopic (exact) mass is 635 g/mol. The standard InChI is InChI=1S/C45H25N5/c1-48-32-21-22-37-34-13-2-5-17-40(34)49(44(37)26-32)33-12-8-10-30(25-33)45-31(28-47)11-9-16-38(45)35-14-3-6-18-41(35)50-42-19-7-4-15-36(42)39-24-29(27-46)20-23-43(39)50/h2-26H. The van der Waals surface area contributed by atoms with Gasteiger partial charge >= 0.3 is 0 Å². The van der Waals surface area contributed by atoms with E-state index in [0.717, 1.165) is 77.2 Å². The van der Waals surface area contributed by atoms with E-state index in [1.54, 1.807) is 0 Å². The maximum absolute atomic E-state index is 10.5. The summed E-state index contributed by atoms with van der Waals surface area (Å²) in [4.78, 5) is 3.72. The zero-order valence-electron chi connectivity index (χ0n) is 26.7. The van der Waals surface area contributed by atoms with Crippen LogP contribution in [0.5, 0.6) is 0 Å². The van der Waals surface area contributed by atoms with Crippen LogP contribution in [-0.4, -0.2) is 9.13 Å². The zero-order valence-corrected chi connectivity index (χ0v) is 26.7. The molecular formula is C45H25N5. The fraction of sp³-hybridized carbons (Fsp3) is 0. The maximum atomic E-state index is 10.5. The normalized spacial score (nSPS) is 11.1. The molecular weight excluding hydrogens is 611 g/mol. The largest absolute Gasteiger partial charge is 0.310 e. The SMILES string of the molecule is [C-]#[N+]c1ccc2c3ccccc3n(-c3cccc(-c4c(C#N)cccc4-c4ccccc4-n4c5ccccc5c5cc(C#N)ccc54)c3)c2c1. The van der Waals surface area contributed by atoms with E-state index in [1.165, 1.54) is 0 Å². The van der Waals surface area contributed by atoms with E-state index >= 15 is 0 Å². The van der Waals surface area contributed by atoms with Crippen molar-refractivity contribution in [2.45, 2.75) is 0 Å². The lowest BCUT2D eigenvalue weighted by molar-refractivity contribution is 1.18. The van der Waals surface area contributed by atoms with E-state index in [0.29, 0.717) is 16.8 Å². The van der Waals surface area contributed by atoms with Crippen LogP contribution in [0.25, 0.3) is 82.1 Å². The first-order valence-corrected chi connectivity index (χ1v) is 16.3. The van der Waals surface area contributed by atoms with E-state index in [2.05, 4.69) is 86.8 Å². The topological polar surface area (TPSA) is 61.8 Å². The van der Waals surface area contributed by atoms with Gasteiger partial charge in [-0.3, -0.25) is 0 Å². The maximum Gasteiger partial charge on any atom is 0.189 e. The Labute approximate surface area is 288 Å². The van der Waals surface area contributed by atoms with Gasteiger partial charge in [0.1, 0.15) is 0 Å². The Balaban J connectivity index is 1.30. The van der Waals surface area contributed by atoms with Gasteiger partial charge in [-0.05, 0) is 71.8 Å². The molecule has 7 aromatic carbocycles. The quantitative estimate of drug-likeness (QED) is 0.181. The molecule has 0 atom stereocenters. The number of aromatic nitrogens is 2. The second kappa shape index (κ2) is 11.4. The van der Waals surface area contributed by atoms with Gasteiger partial charge in [-0.15, -0.1) is 0 Å². The molecule has 0 radical (unpaired) electrons. The lowest BCUT2D eigenvalue weighted by Crippen LogP contribution is -1.99. The summed E-state index contributed by atoms with van der Waals surface area (Å²) in [5.74, 6) is 0. The van der Waals surface area contributed by atoms with Gasteiger partial charge in [0.25, 0.3) is 0 Å². The molecule has 0 spiro atoms. The summed E-state index contributed by atoms with van der Waals surface area (Å²) in [7, 11) is 0. The molecule has 0 aliphatic rings. The molecule has 230 valence electrons. The van der Waals surface area contributed by atoms with Gasteiger partial charge in [-0.25, -0.2) is 4.85 Å². The highest BCUT2D eigenvalue weighted by molar-refractivity contribution is 6.11. The number of nitriles is 2. The van der Waals surface area contributed by atoms with Crippen molar-refractivity contribution < 1.29 is 0 Å². The highest BCUT2D eigenvalue weighted by Crippen LogP contribution is 2.42. The van der Waals surface area contributed by atoms with Crippen molar-refractivity contribution in [1.29, 1.82) is 10.5 Å². The smallest absolute Gasteiger partial charge is 0.189 e. The molecule has 9 rings (SSSR count). The first-order valence-electron chi connectivity index (χ1n) is 16.3. The Morgan fingerprint density at radius 2 is 1.18 bits per heavy atom. The minimum Gasteiger partial charge on any atom is -0.310 e. The van der Waals surface area contributed by atoms with Crippen LogP contribution in [0.2, 0.25) is 0 Å². The number of para-hydroxylation sites is 3. The molecule has 0 aliphatic heterocycles. The molecule has 0 amide bonds. The van der Waals surface area contributed by atoms with Crippen molar-refractivity contribution in [2.75, 3.05) is 0 Å². The third-order valence-corrected chi connectivity index (χ3v) is 9.60. The van der Waals surface area contributed by atoms with E-state index in [1.807, 2.05) is 91.0 Å². The van der Waals surface area contributed by atoms with E-state index in [9.17, 15) is 10.5 Å². The van der Waals surface area contributed by atoms with Crippen LogP contribution in [0.3, 0.4) is 0 Å². The highest BCUT2D eigenvalue weighted by Gasteiger charge is 2.20. The summed E-state index contributed by atoms with van der Waals surface area (Å²) in [6, 6.07) is 55.6. The van der Waals surface area contributed by atoms with E-state index in [4.69, 9.17) is 6.57 Å². The summed E-state index contributed by atoms with van der Waals surface area (Å²) < 4.78 is 4.46. The van der Waals surface area contributed by atoms with Gasteiger partial charge in [0.2, 0.25) is 0 Å². The van der Waals surface area contributed by atoms with Crippen LogP contribution in [0, 0.1) is 29.2 Å². The number of rotatable bonds is 4. The van der Waals surface area contributed by atoms with E-state index in [-0.39, 0.29) is 0 Å². The van der Waals surface area contributed by atoms with Gasteiger partial charge in [0.05, 0.1) is 52.1 Å². The fourth-order valence-corrected chi connectivity index (χ4v) is 7.49. The van der Waals surface area contributed by atoms with Gasteiger partial charge in [-0.1, -0.05) is 91.0 Å². The number of hydrogen-bond acceptors (Lipinski definition) is 2. The molecule has 2 aromatic heterocycles. The van der Waals surface area contributed by atoms with Crippen molar-refractivity contribution in [3.05, 3.63) is 174 Å². The van der Waals surface area contributed by atoms with Crippen LogP contribution < -0.4 is 0 Å². The van der Waals surface area contributed by atoms with Crippen LogP contribution in [0.1, 0.15) is 11.1 Å². The molecule has 0 N–H and O–H groups in total. The third kappa shape index (κ3) is 4.31. The van der Waals surface area contributed by atoms with Crippen LogP contribution >= 0.6 is 0 Å². The number of nitrogens with zero attached hydrogens (tertiary/aromatic N) is 5. The number of benzene rings is 7. The predicted molar refractivity (Wildman–Crippen MR) is 202 cm³/mol. The average molecular weight is 636 g/mol. The number of hydrogen-bond donors (Lipinski definition) is 0. The van der Waals surface area contributed by atoms with Gasteiger partial charge in [-0.2, -0.15) is 10.5 Å². The second-order valence-corrected chi connectivity index (χ2v) is 12.3. The van der Waals surface area contributed by atoms with E-state index < -0.39 is 0 Å². The van der Waals surface area contributed by atoms with Crippen molar-refractivity contribution in [2.24, 2.45) is 0 Å². The summed E-state index contributed by atoms with van der Waals surface area (Å²) in [5.41, 5.74) is 11.4. The molecule has 0 fully saturated rings. The first-order chi connectivity index (χ1) is 24.7. The Bertz CT molecular complexity index is 2970. The zero-order chi connectivity index (χ0) is 33.8. The Morgan fingerprint density at radius 3 is 1.98 bits per heavy atom. The second-order valence-electron chi connectivity index (χ2n) is 12.3. The lowest BCUT2D eigenvalue weighted by atomic mass is 9.90. The van der Waals surface area contributed by atoms with Gasteiger partial charge in [0.15, 0.2) is 5.69 Å². The van der Waals surface area contributed by atoms with Crippen LogP contribution in [0.15, 0.2) is 152 Å². The minimum atomic E-state index is 0.577. The first kappa shape index (κ1) is 28.8. The molecule has 0 bridgehead atoms. The summed E-state index contributed by atoms with van der Waals surface area (Å²) in [5, 5.41) is 24.5. The molecule has 0 unspecified atom stereocenters. The van der Waals surface area contributed by atoms with Crippen molar-refractivity contribution in [3.63, 3.8) is 0 Å². The van der Waals surface area contributed by atoms with Gasteiger partial charge < -0.3 is 9.13 Å². The number of fused-ring (bicyclic) bond motifs is 6. The summed E-state index contributed by atoms with van der Waals surface area (Å²) >= 11 is 0. The molecule has 9 aromatic rings. The lowest BCUT2D eigenvalue weighted by Gasteiger charge is -2.18. The van der Waals surface area contributed by atoms with Crippen molar-refractivity contribution in [1.82, 2.24) is 9.13 Å². The highest BCUT2D eigenvalue weighted by atomic mass is 15.0. The molecule has 0 saturated carbocycles. The molecule has 5 heteroatoms. The molecule has 2 heterocycles. The molecule has 50 heavy (non-hydrogen) atoms. The van der Waals surface area contributed by atoms with Crippen LogP contribution in [-0.2, 0) is 0 Å². The van der Waals surface area contributed by atoms with Crippen molar-refractivity contribution in [3.8, 4) is 45.8 Å². The molecule has 0 saturated heterocycles. The summed E-state index contributed by atoms with van der Waals surface area (Å²) in [6.45, 7) is 7.67. The Morgan fingerprint density at radius 1 is 0.500 bits per heavy atom. The van der Waals surface area contributed by atoms with Crippen LogP contribution in [0.4, 0.5) is 5.69 Å². The fourth-order valence-electron chi connectivity index (χ4n) is 7.49. The van der Waals surface area contributed by atoms with Gasteiger partial charge in [0, 0.05) is 43.9 Å². The molecule has 0 aliphatic carbocycles. The molecule has 5 nitrogen and oxygen atoms in total. The third-order valence-electron chi connectivity index (χ3n) is 9.60. The summed E-state index contributed by atoms with van der Waals surface area (Å²) in [6.07, 6.45) is 0. The average Bonchev–Trinajstić information content (AvgIpc) is 3.69. The Hall–Kier alpha value is -7.39.